The molecule has 0 unspecified atom stereocenters. The van der Waals surface area contributed by atoms with Gasteiger partial charge in [0.2, 0.25) is 10.0 Å². The van der Waals surface area contributed by atoms with Gasteiger partial charge in [-0.05, 0) is 48.6 Å². The third-order valence-corrected chi connectivity index (χ3v) is 5.06. The molecule has 1 aromatic carbocycles. The van der Waals surface area contributed by atoms with Crippen molar-refractivity contribution in [2.75, 3.05) is 0 Å². The average Bonchev–Trinajstić information content (AvgIpc) is 3.33. The van der Waals surface area contributed by atoms with Gasteiger partial charge in [-0.25, -0.2) is 21.9 Å². The normalized spacial score (nSPS) is 16.5. The van der Waals surface area contributed by atoms with Gasteiger partial charge in [-0.15, -0.1) is 0 Å². The highest BCUT2D eigenvalue weighted by Gasteiger charge is 2.35. The molecule has 0 saturated heterocycles. The lowest BCUT2D eigenvalue weighted by Crippen LogP contribution is -2.30. The maximum Gasteiger partial charge on any atom is 0.241 e. The van der Waals surface area contributed by atoms with E-state index in [1.54, 1.807) is 24.5 Å². The number of nitrogens with zero attached hydrogens (tertiary/aromatic N) is 1. The molecule has 1 aliphatic carbocycles. The zero-order valence-corrected chi connectivity index (χ0v) is 12.4. The smallest absolute Gasteiger partial charge is 0.241 e. The standard InChI is InChI=1S/C15H14F2N2O2S/c16-13-6-5-12(8-14(13)17)22(20,21)19-15(10-3-4-10)11-2-1-7-18-9-11/h1-2,5-10,15,19H,3-4H2/t15-/m1/s1. The van der Waals surface area contributed by atoms with Gasteiger partial charge in [-0.2, -0.15) is 0 Å². The molecule has 1 atom stereocenters. The number of rotatable bonds is 5. The molecule has 2 aromatic rings. The van der Waals surface area contributed by atoms with Crippen LogP contribution in [0.4, 0.5) is 8.78 Å². The van der Waals surface area contributed by atoms with Crippen molar-refractivity contribution < 1.29 is 17.2 Å². The molecule has 22 heavy (non-hydrogen) atoms. The van der Waals surface area contributed by atoms with E-state index in [2.05, 4.69) is 9.71 Å². The fourth-order valence-corrected chi connectivity index (χ4v) is 3.61. The number of halogens is 2. The molecule has 4 nitrogen and oxygen atoms in total. The summed E-state index contributed by atoms with van der Waals surface area (Å²) in [5.74, 6) is -2.07. The molecule has 7 heteroatoms. The molecule has 116 valence electrons. The first-order valence-corrected chi connectivity index (χ1v) is 8.33. The average molecular weight is 324 g/mol. The summed E-state index contributed by atoms with van der Waals surface area (Å²) < 4.78 is 53.6. The molecule has 0 spiro atoms. The molecule has 0 bridgehead atoms. The van der Waals surface area contributed by atoms with Crippen molar-refractivity contribution in [3.63, 3.8) is 0 Å². The molecule has 1 heterocycles. The van der Waals surface area contributed by atoms with Crippen LogP contribution in [0.1, 0.15) is 24.4 Å². The number of hydrogen-bond acceptors (Lipinski definition) is 3. The number of sulfonamides is 1. The lowest BCUT2D eigenvalue weighted by atomic mass is 10.1. The Labute approximate surface area is 127 Å². The Hall–Kier alpha value is -1.86. The van der Waals surface area contributed by atoms with Crippen LogP contribution < -0.4 is 4.72 Å². The van der Waals surface area contributed by atoms with E-state index in [-0.39, 0.29) is 10.8 Å². The van der Waals surface area contributed by atoms with Crippen LogP contribution in [0.25, 0.3) is 0 Å². The molecule has 1 fully saturated rings. The Kier molecular flexibility index (Phi) is 3.92. The molecule has 1 N–H and O–H groups in total. The summed E-state index contributed by atoms with van der Waals surface area (Å²) in [5, 5.41) is 0. The lowest BCUT2D eigenvalue weighted by molar-refractivity contribution is 0.501. The van der Waals surface area contributed by atoms with Crippen molar-refractivity contribution in [1.82, 2.24) is 9.71 Å². The predicted molar refractivity (Wildman–Crippen MR) is 76.4 cm³/mol. The summed E-state index contributed by atoms with van der Waals surface area (Å²) in [6.07, 6.45) is 5.05. The summed E-state index contributed by atoms with van der Waals surface area (Å²) in [7, 11) is -3.94. The van der Waals surface area contributed by atoms with Crippen molar-refractivity contribution in [2.24, 2.45) is 5.92 Å². The molecule has 3 rings (SSSR count). The molecule has 1 aromatic heterocycles. The van der Waals surface area contributed by atoms with E-state index < -0.39 is 27.7 Å². The quantitative estimate of drug-likeness (QED) is 0.920. The van der Waals surface area contributed by atoms with E-state index in [1.807, 2.05) is 0 Å². The van der Waals surface area contributed by atoms with E-state index in [1.165, 1.54) is 0 Å². The molecular formula is C15H14F2N2O2S. The van der Waals surface area contributed by atoms with Gasteiger partial charge in [0.1, 0.15) is 0 Å². The minimum Gasteiger partial charge on any atom is -0.264 e. The number of hydrogen-bond donors (Lipinski definition) is 1. The summed E-state index contributed by atoms with van der Waals surface area (Å²) in [5.41, 5.74) is 0.760. The highest BCUT2D eigenvalue weighted by Crippen LogP contribution is 2.41. The summed E-state index contributed by atoms with van der Waals surface area (Å²) >= 11 is 0. The van der Waals surface area contributed by atoms with Crippen LogP contribution in [-0.4, -0.2) is 13.4 Å². The third kappa shape index (κ3) is 3.15. The molecule has 0 radical (unpaired) electrons. The fraction of sp³-hybridized carbons (Fsp3) is 0.267. The monoisotopic (exact) mass is 324 g/mol. The Bertz CT molecular complexity index is 777. The van der Waals surface area contributed by atoms with E-state index in [9.17, 15) is 17.2 Å². The second kappa shape index (κ2) is 5.73. The summed E-state index contributed by atoms with van der Waals surface area (Å²) in [6.45, 7) is 0. The van der Waals surface area contributed by atoms with Crippen LogP contribution >= 0.6 is 0 Å². The van der Waals surface area contributed by atoms with Gasteiger partial charge < -0.3 is 0 Å². The van der Waals surface area contributed by atoms with Gasteiger partial charge in [0.25, 0.3) is 0 Å². The SMILES string of the molecule is O=S(=O)(N[C@@H](c1cccnc1)C1CC1)c1ccc(F)c(F)c1. The van der Waals surface area contributed by atoms with Crippen LogP contribution in [0.15, 0.2) is 47.6 Å². The molecule has 0 amide bonds. The number of benzene rings is 1. The van der Waals surface area contributed by atoms with Crippen LogP contribution in [0, 0.1) is 17.6 Å². The highest BCUT2D eigenvalue weighted by atomic mass is 32.2. The first kappa shape index (κ1) is 15.1. The molecule has 0 aliphatic heterocycles. The topological polar surface area (TPSA) is 59.1 Å². The van der Waals surface area contributed by atoms with Crippen LogP contribution in [0.5, 0.6) is 0 Å². The maximum atomic E-state index is 13.3. The Balaban J connectivity index is 1.90. The van der Waals surface area contributed by atoms with Crippen molar-refractivity contribution in [3.05, 3.63) is 59.9 Å². The van der Waals surface area contributed by atoms with Crippen molar-refractivity contribution >= 4 is 10.0 Å². The second-order valence-electron chi connectivity index (χ2n) is 5.30. The van der Waals surface area contributed by atoms with Crippen molar-refractivity contribution in [1.29, 1.82) is 0 Å². The van der Waals surface area contributed by atoms with Gasteiger partial charge >= 0.3 is 0 Å². The Morgan fingerprint density at radius 3 is 2.55 bits per heavy atom. The fourth-order valence-electron chi connectivity index (χ4n) is 2.31. The van der Waals surface area contributed by atoms with E-state index >= 15 is 0 Å². The van der Waals surface area contributed by atoms with Gasteiger partial charge in [0.15, 0.2) is 11.6 Å². The minimum absolute atomic E-state index is 0.198. The Morgan fingerprint density at radius 1 is 1.18 bits per heavy atom. The molecular weight excluding hydrogens is 310 g/mol. The third-order valence-electron chi connectivity index (χ3n) is 3.62. The zero-order valence-electron chi connectivity index (χ0n) is 11.5. The zero-order chi connectivity index (χ0) is 15.7. The first-order chi connectivity index (χ1) is 10.5. The summed E-state index contributed by atoms with van der Waals surface area (Å²) in [4.78, 5) is 3.71. The maximum absolute atomic E-state index is 13.3. The summed E-state index contributed by atoms with van der Waals surface area (Å²) in [6, 6.07) is 5.66. The van der Waals surface area contributed by atoms with Crippen LogP contribution in [0.2, 0.25) is 0 Å². The lowest BCUT2D eigenvalue weighted by Gasteiger charge is -2.18. The largest absolute Gasteiger partial charge is 0.264 e. The molecule has 1 saturated carbocycles. The number of pyridine rings is 1. The Morgan fingerprint density at radius 2 is 1.95 bits per heavy atom. The molecule has 1 aliphatic rings. The first-order valence-electron chi connectivity index (χ1n) is 6.85. The van der Waals surface area contributed by atoms with Gasteiger partial charge in [-0.3, -0.25) is 4.98 Å². The van der Waals surface area contributed by atoms with E-state index in [4.69, 9.17) is 0 Å². The highest BCUT2D eigenvalue weighted by molar-refractivity contribution is 7.89. The van der Waals surface area contributed by atoms with Gasteiger partial charge in [-0.1, -0.05) is 6.07 Å². The second-order valence-corrected chi connectivity index (χ2v) is 7.01. The van der Waals surface area contributed by atoms with E-state index in [0.717, 1.165) is 30.5 Å². The van der Waals surface area contributed by atoms with Gasteiger partial charge in [0.05, 0.1) is 10.9 Å². The minimum atomic E-state index is -3.94. The van der Waals surface area contributed by atoms with E-state index in [0.29, 0.717) is 6.07 Å². The van der Waals surface area contributed by atoms with Crippen molar-refractivity contribution in [2.45, 2.75) is 23.8 Å². The van der Waals surface area contributed by atoms with Crippen LogP contribution in [0.3, 0.4) is 0 Å². The van der Waals surface area contributed by atoms with Crippen molar-refractivity contribution in [3.8, 4) is 0 Å². The number of nitrogens with one attached hydrogen (secondary N) is 1. The number of aromatic nitrogens is 1. The predicted octanol–water partition coefficient (Wildman–Crippen LogP) is 2.79. The van der Waals surface area contributed by atoms with Gasteiger partial charge in [0, 0.05) is 12.4 Å². The van der Waals surface area contributed by atoms with Crippen LogP contribution in [-0.2, 0) is 10.0 Å².